The van der Waals surface area contributed by atoms with Gasteiger partial charge in [-0.05, 0) is 56.6 Å². The van der Waals surface area contributed by atoms with Crippen molar-refractivity contribution in [2.75, 3.05) is 44.2 Å². The molecule has 0 unspecified atom stereocenters. The monoisotopic (exact) mass is 368 g/mol. The van der Waals surface area contributed by atoms with Gasteiger partial charge < -0.3 is 15.1 Å². The molecule has 5 heteroatoms. The fourth-order valence-corrected chi connectivity index (χ4v) is 3.98. The molecular weight excluding hydrogens is 336 g/mol. The van der Waals surface area contributed by atoms with Crippen LogP contribution in [0.5, 0.6) is 0 Å². The Bertz CT molecular complexity index is 764. The first kappa shape index (κ1) is 19.6. The number of likely N-dealkylation sites (N-methyl/N-ethyl adjacent to an activating group) is 1. The molecular formula is C22H32N4O. The first-order valence-electron chi connectivity index (χ1n) is 10.2. The molecule has 0 radical (unpaired) electrons. The van der Waals surface area contributed by atoms with Crippen LogP contribution >= 0.6 is 0 Å². The zero-order valence-corrected chi connectivity index (χ0v) is 16.9. The zero-order chi connectivity index (χ0) is 19.2. The second kappa shape index (κ2) is 9.18. The number of hydrogen-bond acceptors (Lipinski definition) is 4. The van der Waals surface area contributed by atoms with Gasteiger partial charge in [0, 0.05) is 49.4 Å². The number of fused-ring (bicyclic) bond motifs is 1. The van der Waals surface area contributed by atoms with Crippen molar-refractivity contribution in [3.05, 3.63) is 36.0 Å². The van der Waals surface area contributed by atoms with E-state index in [4.69, 9.17) is 0 Å². The Morgan fingerprint density at radius 1 is 1.22 bits per heavy atom. The summed E-state index contributed by atoms with van der Waals surface area (Å²) < 4.78 is 0. The fraction of sp³-hybridized carbons (Fsp3) is 0.545. The van der Waals surface area contributed by atoms with Crippen molar-refractivity contribution in [3.8, 4) is 0 Å². The average Bonchev–Trinajstić information content (AvgIpc) is 2.72. The number of rotatable bonds is 7. The summed E-state index contributed by atoms with van der Waals surface area (Å²) in [6.07, 6.45) is 3.67. The quantitative estimate of drug-likeness (QED) is 0.815. The van der Waals surface area contributed by atoms with Crippen molar-refractivity contribution >= 4 is 22.5 Å². The van der Waals surface area contributed by atoms with E-state index < -0.39 is 0 Å². The van der Waals surface area contributed by atoms with Crippen LogP contribution in [-0.4, -0.2) is 55.1 Å². The Morgan fingerprint density at radius 2 is 1.96 bits per heavy atom. The molecule has 1 aromatic carbocycles. The number of amides is 1. The van der Waals surface area contributed by atoms with Gasteiger partial charge >= 0.3 is 0 Å². The van der Waals surface area contributed by atoms with Crippen LogP contribution in [0.25, 0.3) is 10.9 Å². The number of pyridine rings is 1. The molecule has 0 aliphatic carbocycles. The van der Waals surface area contributed by atoms with Crippen LogP contribution in [0.15, 0.2) is 30.5 Å². The predicted molar refractivity (Wildman–Crippen MR) is 112 cm³/mol. The molecule has 0 saturated carbocycles. The number of aryl methyl sites for hydroxylation is 1. The van der Waals surface area contributed by atoms with Gasteiger partial charge in [0.15, 0.2) is 0 Å². The van der Waals surface area contributed by atoms with Gasteiger partial charge in [-0.1, -0.05) is 19.9 Å². The van der Waals surface area contributed by atoms with E-state index in [0.717, 1.165) is 57.6 Å². The second-order valence-corrected chi connectivity index (χ2v) is 7.38. The molecule has 27 heavy (non-hydrogen) atoms. The minimum atomic E-state index is 0.132. The van der Waals surface area contributed by atoms with Crippen LogP contribution in [0, 0.1) is 12.8 Å². The Hall–Kier alpha value is -2.14. The maximum absolute atomic E-state index is 12.5. The lowest BCUT2D eigenvalue weighted by Gasteiger charge is -2.34. The van der Waals surface area contributed by atoms with Crippen LogP contribution in [0.4, 0.5) is 5.69 Å². The van der Waals surface area contributed by atoms with Gasteiger partial charge in [-0.25, -0.2) is 0 Å². The number of aromatic nitrogens is 1. The highest BCUT2D eigenvalue weighted by atomic mass is 16.1. The molecule has 146 valence electrons. The number of nitrogens with one attached hydrogen (secondary N) is 1. The number of benzene rings is 1. The highest BCUT2D eigenvalue weighted by molar-refractivity contribution is 5.93. The van der Waals surface area contributed by atoms with Crippen LogP contribution in [0.2, 0.25) is 0 Å². The van der Waals surface area contributed by atoms with Gasteiger partial charge in [0.2, 0.25) is 5.91 Å². The fourth-order valence-electron chi connectivity index (χ4n) is 3.98. The first-order valence-corrected chi connectivity index (χ1v) is 10.2. The number of nitrogens with zero attached hydrogens (tertiary/aromatic N) is 3. The third kappa shape index (κ3) is 4.59. The maximum atomic E-state index is 12.5. The van der Waals surface area contributed by atoms with E-state index in [1.165, 1.54) is 16.6 Å². The van der Waals surface area contributed by atoms with Crippen LogP contribution < -0.4 is 10.2 Å². The third-order valence-corrected chi connectivity index (χ3v) is 5.78. The number of hydrogen-bond donors (Lipinski definition) is 1. The van der Waals surface area contributed by atoms with Crippen LogP contribution in [0.1, 0.15) is 32.3 Å². The Kier molecular flexibility index (Phi) is 6.67. The molecule has 3 rings (SSSR count). The van der Waals surface area contributed by atoms with E-state index in [1.807, 2.05) is 12.3 Å². The third-order valence-electron chi connectivity index (χ3n) is 5.78. The van der Waals surface area contributed by atoms with Crippen LogP contribution in [-0.2, 0) is 4.79 Å². The molecule has 5 nitrogen and oxygen atoms in total. The largest absolute Gasteiger partial charge is 0.371 e. The number of carbonyl (C=O) groups is 1. The molecule has 1 N–H and O–H groups in total. The number of piperidine rings is 1. The van der Waals surface area contributed by atoms with Gasteiger partial charge in [0.1, 0.15) is 0 Å². The highest BCUT2D eigenvalue weighted by Gasteiger charge is 2.25. The summed E-state index contributed by atoms with van der Waals surface area (Å²) in [5.74, 6) is 0.352. The molecule has 1 fully saturated rings. The maximum Gasteiger partial charge on any atom is 0.223 e. The van der Waals surface area contributed by atoms with Crippen molar-refractivity contribution in [2.24, 2.45) is 5.92 Å². The van der Waals surface area contributed by atoms with Gasteiger partial charge in [0.05, 0.1) is 5.52 Å². The van der Waals surface area contributed by atoms with Crippen molar-refractivity contribution in [1.82, 2.24) is 15.2 Å². The molecule has 0 spiro atoms. The lowest BCUT2D eigenvalue weighted by atomic mass is 9.95. The van der Waals surface area contributed by atoms with Gasteiger partial charge in [-0.15, -0.1) is 0 Å². The standard InChI is InChI=1S/C22H32N4O/c1-4-25(5-2)16-13-24-22(27)18-10-14-26(15-11-18)20-9-8-17(3)21-19(20)7-6-12-23-21/h6-9,12,18H,4-5,10-11,13-16H2,1-3H3,(H,24,27). The lowest BCUT2D eigenvalue weighted by molar-refractivity contribution is -0.125. The Morgan fingerprint density at radius 3 is 2.67 bits per heavy atom. The number of carbonyl (C=O) groups excluding carboxylic acids is 1. The summed E-state index contributed by atoms with van der Waals surface area (Å²) in [7, 11) is 0. The zero-order valence-electron chi connectivity index (χ0n) is 16.9. The molecule has 2 heterocycles. The summed E-state index contributed by atoms with van der Waals surface area (Å²) in [5, 5.41) is 4.34. The lowest BCUT2D eigenvalue weighted by Crippen LogP contribution is -2.42. The summed E-state index contributed by atoms with van der Waals surface area (Å²) in [5.41, 5.74) is 3.52. The summed E-state index contributed by atoms with van der Waals surface area (Å²) in [4.78, 5) is 21.8. The van der Waals surface area contributed by atoms with Crippen molar-refractivity contribution in [2.45, 2.75) is 33.6 Å². The summed E-state index contributed by atoms with van der Waals surface area (Å²) in [6.45, 7) is 12.0. The van der Waals surface area contributed by atoms with Crippen molar-refractivity contribution in [1.29, 1.82) is 0 Å². The average molecular weight is 369 g/mol. The van der Waals surface area contributed by atoms with Gasteiger partial charge in [-0.3, -0.25) is 9.78 Å². The van der Waals surface area contributed by atoms with Crippen LogP contribution in [0.3, 0.4) is 0 Å². The smallest absolute Gasteiger partial charge is 0.223 e. The van der Waals surface area contributed by atoms with E-state index in [9.17, 15) is 4.79 Å². The molecule has 1 aliphatic rings. The Labute approximate surface area is 162 Å². The van der Waals surface area contributed by atoms with E-state index in [2.05, 4.69) is 59.1 Å². The van der Waals surface area contributed by atoms with E-state index in [0.29, 0.717) is 0 Å². The molecule has 2 aromatic rings. The molecule has 1 aliphatic heterocycles. The minimum absolute atomic E-state index is 0.132. The van der Waals surface area contributed by atoms with E-state index in [1.54, 1.807) is 0 Å². The summed E-state index contributed by atoms with van der Waals surface area (Å²) >= 11 is 0. The molecule has 1 saturated heterocycles. The van der Waals surface area contributed by atoms with Gasteiger partial charge in [-0.2, -0.15) is 0 Å². The molecule has 1 aromatic heterocycles. The van der Waals surface area contributed by atoms with E-state index >= 15 is 0 Å². The SMILES string of the molecule is CCN(CC)CCNC(=O)C1CCN(c2ccc(C)c3ncccc23)CC1. The van der Waals surface area contributed by atoms with E-state index in [-0.39, 0.29) is 11.8 Å². The van der Waals surface area contributed by atoms with Gasteiger partial charge in [0.25, 0.3) is 0 Å². The molecule has 0 atom stereocenters. The van der Waals surface area contributed by atoms with Crippen molar-refractivity contribution in [3.63, 3.8) is 0 Å². The summed E-state index contributed by atoms with van der Waals surface area (Å²) in [6, 6.07) is 8.50. The van der Waals surface area contributed by atoms with Crippen molar-refractivity contribution < 1.29 is 4.79 Å². The highest BCUT2D eigenvalue weighted by Crippen LogP contribution is 2.31. The Balaban J connectivity index is 1.56. The topological polar surface area (TPSA) is 48.5 Å². The first-order chi connectivity index (χ1) is 13.1. The normalized spacial score (nSPS) is 15.5. The minimum Gasteiger partial charge on any atom is -0.371 e. The number of anilines is 1. The second-order valence-electron chi connectivity index (χ2n) is 7.38. The predicted octanol–water partition coefficient (Wildman–Crippen LogP) is 3.22. The molecule has 0 bridgehead atoms. The molecule has 1 amide bonds.